The van der Waals surface area contributed by atoms with Crippen molar-refractivity contribution in [3.63, 3.8) is 0 Å². The maximum absolute atomic E-state index is 14.1. The minimum Gasteiger partial charge on any atom is -0.326 e. The first-order valence-corrected chi connectivity index (χ1v) is 7.31. The van der Waals surface area contributed by atoms with E-state index < -0.39 is 20.7 Å². The lowest BCUT2D eigenvalue weighted by atomic mass is 10.2. The molecule has 0 bridgehead atoms. The summed E-state index contributed by atoms with van der Waals surface area (Å²) in [6.45, 7) is 1.47. The van der Waals surface area contributed by atoms with E-state index in [2.05, 4.69) is 5.92 Å². The molecule has 0 saturated carbocycles. The van der Waals surface area contributed by atoms with E-state index in [-0.39, 0.29) is 30.2 Å². The number of terminal acetylenes is 1. The quantitative estimate of drug-likeness (QED) is 0.840. The van der Waals surface area contributed by atoms with Crippen molar-refractivity contribution in [1.29, 1.82) is 0 Å². The fourth-order valence-corrected chi connectivity index (χ4v) is 3.36. The number of sulfonamides is 1. The maximum atomic E-state index is 14.1. The van der Waals surface area contributed by atoms with E-state index in [0.29, 0.717) is 0 Å². The van der Waals surface area contributed by atoms with E-state index >= 15 is 0 Å². The van der Waals surface area contributed by atoms with Crippen LogP contribution in [-0.2, 0) is 16.6 Å². The van der Waals surface area contributed by atoms with Crippen molar-refractivity contribution in [3.8, 4) is 12.3 Å². The summed E-state index contributed by atoms with van der Waals surface area (Å²) in [5.41, 5.74) is 5.40. The molecule has 0 atom stereocenters. The zero-order valence-electron chi connectivity index (χ0n) is 10.4. The highest BCUT2D eigenvalue weighted by molar-refractivity contribution is 7.89. The summed E-state index contributed by atoms with van der Waals surface area (Å²) < 4.78 is 39.6. The molecule has 1 aromatic carbocycles. The van der Waals surface area contributed by atoms with Crippen LogP contribution in [-0.4, -0.2) is 25.8 Å². The first-order valence-electron chi connectivity index (χ1n) is 5.50. The zero-order valence-corrected chi connectivity index (χ0v) is 11.9. The summed E-state index contributed by atoms with van der Waals surface area (Å²) in [5, 5.41) is 0.109. The van der Waals surface area contributed by atoms with Crippen LogP contribution in [0, 0.1) is 18.2 Å². The van der Waals surface area contributed by atoms with Gasteiger partial charge in [-0.1, -0.05) is 24.4 Å². The second-order valence-electron chi connectivity index (χ2n) is 3.72. The van der Waals surface area contributed by atoms with Gasteiger partial charge in [0.2, 0.25) is 10.0 Å². The fourth-order valence-electron chi connectivity index (χ4n) is 1.56. The van der Waals surface area contributed by atoms with E-state index in [1.54, 1.807) is 6.92 Å². The van der Waals surface area contributed by atoms with Crippen LogP contribution in [0.3, 0.4) is 0 Å². The van der Waals surface area contributed by atoms with Gasteiger partial charge in [0.15, 0.2) is 0 Å². The van der Waals surface area contributed by atoms with Crippen molar-refractivity contribution in [3.05, 3.63) is 28.5 Å². The van der Waals surface area contributed by atoms with Crippen molar-refractivity contribution in [2.45, 2.75) is 18.4 Å². The van der Waals surface area contributed by atoms with Gasteiger partial charge in [0, 0.05) is 23.7 Å². The number of hydrogen-bond donors (Lipinski definition) is 1. The van der Waals surface area contributed by atoms with Gasteiger partial charge in [-0.25, -0.2) is 12.8 Å². The van der Waals surface area contributed by atoms with Gasteiger partial charge in [0.05, 0.1) is 6.54 Å². The van der Waals surface area contributed by atoms with Crippen LogP contribution in [0.5, 0.6) is 0 Å². The molecule has 4 nitrogen and oxygen atoms in total. The van der Waals surface area contributed by atoms with Gasteiger partial charge >= 0.3 is 0 Å². The average molecular weight is 305 g/mol. The molecule has 0 unspecified atom stereocenters. The van der Waals surface area contributed by atoms with Gasteiger partial charge in [-0.2, -0.15) is 4.31 Å². The van der Waals surface area contributed by atoms with E-state index in [0.717, 1.165) is 10.4 Å². The van der Waals surface area contributed by atoms with E-state index in [4.69, 9.17) is 23.8 Å². The Labute approximate surface area is 117 Å². The highest BCUT2D eigenvalue weighted by Gasteiger charge is 2.27. The summed E-state index contributed by atoms with van der Waals surface area (Å²) in [4.78, 5) is -0.502. The Balaban J connectivity index is 3.44. The minimum atomic E-state index is -4.02. The molecule has 2 N–H and O–H groups in total. The lowest BCUT2D eigenvalue weighted by Crippen LogP contribution is -2.32. The Morgan fingerprint density at radius 3 is 2.63 bits per heavy atom. The predicted molar refractivity (Wildman–Crippen MR) is 72.6 cm³/mol. The van der Waals surface area contributed by atoms with E-state index in [1.165, 1.54) is 6.07 Å². The molecular formula is C12H14ClFN2O2S. The van der Waals surface area contributed by atoms with Crippen molar-refractivity contribution >= 4 is 21.6 Å². The Hall–Kier alpha value is -1.13. The topological polar surface area (TPSA) is 63.4 Å². The van der Waals surface area contributed by atoms with Gasteiger partial charge in [0.25, 0.3) is 0 Å². The number of nitrogens with zero attached hydrogens (tertiary/aromatic N) is 1. The van der Waals surface area contributed by atoms with Crippen molar-refractivity contribution in [1.82, 2.24) is 4.31 Å². The van der Waals surface area contributed by atoms with Crippen LogP contribution in [0.25, 0.3) is 0 Å². The molecule has 0 heterocycles. The van der Waals surface area contributed by atoms with E-state index in [1.807, 2.05) is 0 Å². The SMILES string of the molecule is C#CCN(CC)S(=O)(=O)c1cc(Cl)cc(CN)c1F. The second kappa shape index (κ2) is 6.35. The molecule has 0 amide bonds. The molecule has 0 aliphatic carbocycles. The predicted octanol–water partition coefficient (Wildman–Crippen LogP) is 1.58. The van der Waals surface area contributed by atoms with Gasteiger partial charge in [-0.15, -0.1) is 6.42 Å². The first kappa shape index (κ1) is 15.9. The smallest absolute Gasteiger partial charge is 0.246 e. The monoisotopic (exact) mass is 304 g/mol. The van der Waals surface area contributed by atoms with Gasteiger partial charge < -0.3 is 5.73 Å². The Kier molecular flexibility index (Phi) is 5.32. The molecule has 0 radical (unpaired) electrons. The molecule has 0 aromatic heterocycles. The normalized spacial score (nSPS) is 11.6. The Morgan fingerprint density at radius 1 is 1.53 bits per heavy atom. The molecule has 0 aliphatic heterocycles. The fraction of sp³-hybridized carbons (Fsp3) is 0.333. The van der Waals surface area contributed by atoms with E-state index in [9.17, 15) is 12.8 Å². The van der Waals surface area contributed by atoms with Crippen LogP contribution in [0.4, 0.5) is 4.39 Å². The molecule has 19 heavy (non-hydrogen) atoms. The van der Waals surface area contributed by atoms with Crippen LogP contribution in [0.1, 0.15) is 12.5 Å². The molecule has 104 valence electrons. The maximum Gasteiger partial charge on any atom is 0.246 e. The average Bonchev–Trinajstić information content (AvgIpc) is 2.37. The zero-order chi connectivity index (χ0) is 14.6. The van der Waals surface area contributed by atoms with Crippen molar-refractivity contribution in [2.75, 3.05) is 13.1 Å². The molecule has 0 aliphatic rings. The number of benzene rings is 1. The third kappa shape index (κ3) is 3.25. The lowest BCUT2D eigenvalue weighted by Gasteiger charge is -2.19. The summed E-state index contributed by atoms with van der Waals surface area (Å²) in [6.07, 6.45) is 5.11. The number of halogens is 2. The molecular weight excluding hydrogens is 291 g/mol. The highest BCUT2D eigenvalue weighted by atomic mass is 35.5. The second-order valence-corrected chi connectivity index (χ2v) is 6.06. The van der Waals surface area contributed by atoms with Crippen molar-refractivity contribution < 1.29 is 12.8 Å². The number of nitrogens with two attached hydrogens (primary N) is 1. The summed E-state index contributed by atoms with van der Waals surface area (Å²) in [7, 11) is -4.02. The third-order valence-corrected chi connectivity index (χ3v) is 4.68. The third-order valence-electron chi connectivity index (χ3n) is 2.54. The van der Waals surface area contributed by atoms with Crippen LogP contribution >= 0.6 is 11.6 Å². The van der Waals surface area contributed by atoms with Gasteiger partial charge in [0.1, 0.15) is 10.7 Å². The van der Waals surface area contributed by atoms with Crippen LogP contribution < -0.4 is 5.73 Å². The molecule has 7 heteroatoms. The summed E-state index contributed by atoms with van der Waals surface area (Å²) in [6, 6.07) is 2.36. The molecule has 0 fully saturated rings. The molecule has 0 spiro atoms. The minimum absolute atomic E-state index is 0.0443. The lowest BCUT2D eigenvalue weighted by molar-refractivity contribution is 0.456. The number of rotatable bonds is 5. The van der Waals surface area contributed by atoms with Gasteiger partial charge in [-0.05, 0) is 12.1 Å². The summed E-state index contributed by atoms with van der Waals surface area (Å²) in [5.74, 6) is 1.34. The Bertz CT molecular complexity index is 611. The van der Waals surface area contributed by atoms with Gasteiger partial charge in [-0.3, -0.25) is 0 Å². The molecule has 1 aromatic rings. The standard InChI is InChI=1S/C12H14ClFN2O2S/c1-3-5-16(4-2)19(17,18)11-7-10(13)6-9(8-15)12(11)14/h1,6-7H,4-5,8,15H2,2H3. The van der Waals surface area contributed by atoms with Crippen LogP contribution in [0.15, 0.2) is 17.0 Å². The van der Waals surface area contributed by atoms with Crippen LogP contribution in [0.2, 0.25) is 5.02 Å². The molecule has 0 saturated heterocycles. The molecule has 1 rings (SSSR count). The largest absolute Gasteiger partial charge is 0.326 e. The highest BCUT2D eigenvalue weighted by Crippen LogP contribution is 2.26. The first-order chi connectivity index (χ1) is 8.88. The Morgan fingerprint density at radius 2 is 2.16 bits per heavy atom. The summed E-state index contributed by atoms with van der Waals surface area (Å²) >= 11 is 5.79. The number of hydrogen-bond acceptors (Lipinski definition) is 3. The van der Waals surface area contributed by atoms with Crippen molar-refractivity contribution in [2.24, 2.45) is 5.73 Å².